The first-order valence-corrected chi connectivity index (χ1v) is 9.70. The van der Waals surface area contributed by atoms with E-state index in [0.29, 0.717) is 18.2 Å². The zero-order valence-corrected chi connectivity index (χ0v) is 16.6. The van der Waals surface area contributed by atoms with Gasteiger partial charge in [0.25, 0.3) is 0 Å². The summed E-state index contributed by atoms with van der Waals surface area (Å²) in [5.74, 6) is 0.908. The number of hydrogen-bond donors (Lipinski definition) is 1. The van der Waals surface area contributed by atoms with Crippen LogP contribution in [0.15, 0.2) is 42.5 Å². The fraction of sp³-hybridized carbons (Fsp3) is 0.381. The summed E-state index contributed by atoms with van der Waals surface area (Å²) >= 11 is 6.12. The van der Waals surface area contributed by atoms with Crippen molar-refractivity contribution in [2.24, 2.45) is 0 Å². The van der Waals surface area contributed by atoms with Crippen LogP contribution in [0.4, 0.5) is 11.4 Å². The molecule has 0 saturated carbocycles. The molecule has 1 saturated heterocycles. The number of halogens is 1. The van der Waals surface area contributed by atoms with Crippen LogP contribution in [0, 0.1) is 6.92 Å². The Hall–Kier alpha value is -2.24. The van der Waals surface area contributed by atoms with Crippen LogP contribution in [0.25, 0.3) is 0 Å². The van der Waals surface area contributed by atoms with Crippen LogP contribution in [0.5, 0.6) is 5.75 Å². The highest BCUT2D eigenvalue weighted by Crippen LogP contribution is 2.29. The maximum absolute atomic E-state index is 12.4. The van der Waals surface area contributed by atoms with Gasteiger partial charge in [0.1, 0.15) is 5.75 Å². The number of ether oxygens (including phenoxy) is 1. The van der Waals surface area contributed by atoms with Gasteiger partial charge in [0, 0.05) is 36.9 Å². The number of amides is 1. The van der Waals surface area contributed by atoms with Crippen molar-refractivity contribution in [1.29, 1.82) is 0 Å². The first kappa shape index (κ1) is 19.5. The van der Waals surface area contributed by atoms with Crippen molar-refractivity contribution in [2.45, 2.75) is 13.8 Å². The van der Waals surface area contributed by atoms with Crippen LogP contribution < -0.4 is 15.0 Å². The molecule has 27 heavy (non-hydrogen) atoms. The van der Waals surface area contributed by atoms with Gasteiger partial charge in [-0.2, -0.15) is 0 Å². The molecule has 1 aliphatic heterocycles. The first-order chi connectivity index (χ1) is 13.1. The van der Waals surface area contributed by atoms with E-state index in [9.17, 15) is 4.79 Å². The van der Waals surface area contributed by atoms with Crippen molar-refractivity contribution >= 4 is 28.9 Å². The van der Waals surface area contributed by atoms with Crippen molar-refractivity contribution in [1.82, 2.24) is 4.90 Å². The lowest BCUT2D eigenvalue weighted by atomic mass is 10.2. The first-order valence-electron chi connectivity index (χ1n) is 9.32. The molecular formula is C21H26ClN3O2. The van der Waals surface area contributed by atoms with E-state index >= 15 is 0 Å². The van der Waals surface area contributed by atoms with Crippen LogP contribution in [0.3, 0.4) is 0 Å². The number of nitrogens with zero attached hydrogens (tertiary/aromatic N) is 2. The van der Waals surface area contributed by atoms with Crippen molar-refractivity contribution in [3.8, 4) is 5.75 Å². The molecule has 0 bridgehead atoms. The summed E-state index contributed by atoms with van der Waals surface area (Å²) in [4.78, 5) is 16.9. The minimum atomic E-state index is -0.0106. The quantitative estimate of drug-likeness (QED) is 0.818. The predicted octanol–water partition coefficient (Wildman–Crippen LogP) is 3.81. The molecule has 6 heteroatoms. The predicted molar refractivity (Wildman–Crippen MR) is 111 cm³/mol. The third kappa shape index (κ3) is 4.93. The molecule has 144 valence electrons. The number of piperazine rings is 1. The molecule has 0 unspecified atom stereocenters. The summed E-state index contributed by atoms with van der Waals surface area (Å²) < 4.78 is 5.74. The van der Waals surface area contributed by atoms with Crippen LogP contribution in [-0.2, 0) is 4.79 Å². The summed E-state index contributed by atoms with van der Waals surface area (Å²) in [6, 6.07) is 13.7. The van der Waals surface area contributed by atoms with Crippen LogP contribution in [0.2, 0.25) is 5.02 Å². The number of carbonyl (C=O) groups is 1. The molecule has 2 aromatic carbocycles. The number of para-hydroxylation sites is 2. The lowest BCUT2D eigenvalue weighted by molar-refractivity contribution is -0.117. The minimum absolute atomic E-state index is 0.0106. The van der Waals surface area contributed by atoms with E-state index in [1.54, 1.807) is 0 Å². The summed E-state index contributed by atoms with van der Waals surface area (Å²) in [5, 5.41) is 3.63. The van der Waals surface area contributed by atoms with Gasteiger partial charge < -0.3 is 15.0 Å². The largest absolute Gasteiger partial charge is 0.492 e. The lowest BCUT2D eigenvalue weighted by Gasteiger charge is -2.36. The van der Waals surface area contributed by atoms with Gasteiger partial charge in [-0.3, -0.25) is 9.69 Å². The van der Waals surface area contributed by atoms with Crippen molar-refractivity contribution in [3.63, 3.8) is 0 Å². The van der Waals surface area contributed by atoms with Gasteiger partial charge in [-0.05, 0) is 43.7 Å². The minimum Gasteiger partial charge on any atom is -0.492 e. The van der Waals surface area contributed by atoms with E-state index < -0.39 is 0 Å². The number of rotatable bonds is 6. The molecule has 0 radical (unpaired) electrons. The summed E-state index contributed by atoms with van der Waals surface area (Å²) in [5.41, 5.74) is 2.79. The van der Waals surface area contributed by atoms with Gasteiger partial charge in [-0.25, -0.2) is 0 Å². The Morgan fingerprint density at radius 2 is 1.85 bits per heavy atom. The number of benzene rings is 2. The highest BCUT2D eigenvalue weighted by molar-refractivity contribution is 6.31. The molecule has 2 aromatic rings. The summed E-state index contributed by atoms with van der Waals surface area (Å²) in [7, 11) is 0. The standard InChI is InChI=1S/C21H26ClN3O2/c1-3-27-20-10-5-4-9-19(20)25-13-11-24(12-14-25)15-21(26)23-18-8-6-7-17(22)16(18)2/h4-10H,3,11-15H2,1-2H3,(H,23,26). The molecule has 0 aromatic heterocycles. The number of hydrogen-bond acceptors (Lipinski definition) is 4. The van der Waals surface area contributed by atoms with Crippen LogP contribution in [-0.4, -0.2) is 50.1 Å². The number of nitrogens with one attached hydrogen (secondary N) is 1. The summed E-state index contributed by atoms with van der Waals surface area (Å²) in [6.45, 7) is 8.35. The Morgan fingerprint density at radius 3 is 2.59 bits per heavy atom. The molecule has 3 rings (SSSR count). The Balaban J connectivity index is 1.54. The van der Waals surface area contributed by atoms with E-state index in [2.05, 4.69) is 21.2 Å². The third-order valence-electron chi connectivity index (χ3n) is 4.79. The van der Waals surface area contributed by atoms with Gasteiger partial charge in [-0.1, -0.05) is 29.8 Å². The van der Waals surface area contributed by atoms with E-state index in [0.717, 1.165) is 48.9 Å². The van der Waals surface area contributed by atoms with Crippen molar-refractivity contribution < 1.29 is 9.53 Å². The Bertz CT molecular complexity index is 789. The molecule has 0 aliphatic carbocycles. The number of anilines is 2. The average Bonchev–Trinajstić information content (AvgIpc) is 2.67. The Morgan fingerprint density at radius 1 is 1.11 bits per heavy atom. The normalized spacial score (nSPS) is 14.9. The number of carbonyl (C=O) groups excluding carboxylic acids is 1. The molecule has 1 fully saturated rings. The molecule has 1 amide bonds. The topological polar surface area (TPSA) is 44.8 Å². The maximum atomic E-state index is 12.4. The monoisotopic (exact) mass is 387 g/mol. The second kappa shape index (κ2) is 9.11. The van der Waals surface area contributed by atoms with Gasteiger partial charge in [0.15, 0.2) is 0 Å². The SMILES string of the molecule is CCOc1ccccc1N1CCN(CC(=O)Nc2cccc(Cl)c2C)CC1. The smallest absolute Gasteiger partial charge is 0.238 e. The average molecular weight is 388 g/mol. The van der Waals surface area contributed by atoms with Gasteiger partial charge >= 0.3 is 0 Å². The maximum Gasteiger partial charge on any atom is 0.238 e. The highest BCUT2D eigenvalue weighted by Gasteiger charge is 2.21. The molecule has 0 atom stereocenters. The highest BCUT2D eigenvalue weighted by atomic mass is 35.5. The molecule has 0 spiro atoms. The molecular weight excluding hydrogens is 362 g/mol. The second-order valence-electron chi connectivity index (χ2n) is 6.62. The fourth-order valence-corrected chi connectivity index (χ4v) is 3.45. The molecule has 1 aliphatic rings. The summed E-state index contributed by atoms with van der Waals surface area (Å²) in [6.07, 6.45) is 0. The van der Waals surface area contributed by atoms with E-state index in [4.69, 9.17) is 16.3 Å². The zero-order chi connectivity index (χ0) is 19.2. The second-order valence-corrected chi connectivity index (χ2v) is 7.03. The fourth-order valence-electron chi connectivity index (χ4n) is 3.28. The Kier molecular flexibility index (Phi) is 6.58. The van der Waals surface area contributed by atoms with Crippen LogP contribution >= 0.6 is 11.6 Å². The van der Waals surface area contributed by atoms with Crippen molar-refractivity contribution in [3.05, 3.63) is 53.1 Å². The van der Waals surface area contributed by atoms with E-state index in [1.165, 1.54) is 0 Å². The zero-order valence-electron chi connectivity index (χ0n) is 15.9. The third-order valence-corrected chi connectivity index (χ3v) is 5.20. The molecule has 5 nitrogen and oxygen atoms in total. The van der Waals surface area contributed by atoms with Gasteiger partial charge in [-0.15, -0.1) is 0 Å². The molecule has 1 heterocycles. The van der Waals surface area contributed by atoms with Gasteiger partial charge in [0.05, 0.1) is 18.8 Å². The van der Waals surface area contributed by atoms with E-state index in [-0.39, 0.29) is 5.91 Å². The Labute approximate surface area is 165 Å². The van der Waals surface area contributed by atoms with Crippen LogP contribution in [0.1, 0.15) is 12.5 Å². The lowest BCUT2D eigenvalue weighted by Crippen LogP contribution is -2.48. The van der Waals surface area contributed by atoms with Crippen molar-refractivity contribution in [2.75, 3.05) is 49.5 Å². The molecule has 1 N–H and O–H groups in total. The van der Waals surface area contributed by atoms with E-state index in [1.807, 2.05) is 50.2 Å². The van der Waals surface area contributed by atoms with Gasteiger partial charge in [0.2, 0.25) is 5.91 Å².